The molecule has 0 saturated carbocycles. The summed E-state index contributed by atoms with van der Waals surface area (Å²) in [5.74, 6) is 0.695. The SMILES string of the molecule is CN(CCOCCOCCOc1ccc(C=O)cc1)C(=O)OC(C)(C)C. The number of carbonyl (C=O) groups is 2. The molecule has 0 heterocycles. The first kappa shape index (κ1) is 21.9. The Morgan fingerprint density at radius 1 is 1.00 bits per heavy atom. The van der Waals surface area contributed by atoms with Crippen molar-refractivity contribution in [2.75, 3.05) is 46.6 Å². The van der Waals surface area contributed by atoms with Gasteiger partial charge in [0, 0.05) is 19.2 Å². The van der Waals surface area contributed by atoms with Crippen molar-refractivity contribution >= 4 is 12.4 Å². The number of rotatable bonds is 11. The van der Waals surface area contributed by atoms with Gasteiger partial charge in [-0.2, -0.15) is 0 Å². The smallest absolute Gasteiger partial charge is 0.410 e. The van der Waals surface area contributed by atoms with Crippen LogP contribution in [0.4, 0.5) is 4.79 Å². The van der Waals surface area contributed by atoms with E-state index in [9.17, 15) is 9.59 Å². The Morgan fingerprint density at radius 3 is 2.15 bits per heavy atom. The van der Waals surface area contributed by atoms with Gasteiger partial charge in [0.25, 0.3) is 0 Å². The Kier molecular flexibility index (Phi) is 9.69. The number of benzene rings is 1. The second-order valence-electron chi connectivity index (χ2n) is 6.66. The fourth-order valence-electron chi connectivity index (χ4n) is 1.82. The molecule has 7 nitrogen and oxygen atoms in total. The minimum absolute atomic E-state index is 0.365. The predicted octanol–water partition coefficient (Wildman–Crippen LogP) is 2.78. The topological polar surface area (TPSA) is 74.3 Å². The quantitative estimate of drug-likeness (QED) is 0.442. The lowest BCUT2D eigenvalue weighted by Gasteiger charge is -2.24. The van der Waals surface area contributed by atoms with Crippen LogP contribution in [0.5, 0.6) is 5.75 Å². The molecule has 0 aromatic heterocycles. The molecule has 1 aromatic rings. The average molecular weight is 367 g/mol. The minimum atomic E-state index is -0.501. The van der Waals surface area contributed by atoms with Gasteiger partial charge in [-0.1, -0.05) is 0 Å². The largest absolute Gasteiger partial charge is 0.491 e. The molecular weight excluding hydrogens is 338 g/mol. The van der Waals surface area contributed by atoms with E-state index in [1.807, 2.05) is 20.8 Å². The zero-order chi connectivity index (χ0) is 19.4. The van der Waals surface area contributed by atoms with Gasteiger partial charge in [-0.05, 0) is 45.0 Å². The molecule has 1 amide bonds. The standard InChI is InChI=1S/C19H29NO6/c1-19(2,3)26-18(22)20(4)9-10-23-11-12-24-13-14-25-17-7-5-16(15-21)6-8-17/h5-8,15H,9-14H2,1-4H3. The monoisotopic (exact) mass is 367 g/mol. The summed E-state index contributed by atoms with van der Waals surface area (Å²) in [6.45, 7) is 8.11. The van der Waals surface area contributed by atoms with Gasteiger partial charge in [0.05, 0.1) is 26.4 Å². The minimum Gasteiger partial charge on any atom is -0.491 e. The Hall–Kier alpha value is -2.12. The molecule has 0 aliphatic rings. The molecule has 1 aromatic carbocycles. The van der Waals surface area contributed by atoms with Crippen molar-refractivity contribution in [2.24, 2.45) is 0 Å². The molecule has 146 valence electrons. The maximum atomic E-state index is 11.7. The first-order valence-electron chi connectivity index (χ1n) is 8.59. The number of hydrogen-bond donors (Lipinski definition) is 0. The Bertz CT molecular complexity index is 538. The maximum Gasteiger partial charge on any atom is 0.410 e. The van der Waals surface area contributed by atoms with E-state index in [1.165, 1.54) is 4.90 Å². The van der Waals surface area contributed by atoms with E-state index in [0.29, 0.717) is 50.9 Å². The van der Waals surface area contributed by atoms with Crippen molar-refractivity contribution < 1.29 is 28.5 Å². The fourth-order valence-corrected chi connectivity index (χ4v) is 1.82. The summed E-state index contributed by atoms with van der Waals surface area (Å²) in [6, 6.07) is 6.89. The van der Waals surface area contributed by atoms with E-state index in [1.54, 1.807) is 31.3 Å². The lowest BCUT2D eigenvalue weighted by Crippen LogP contribution is -2.36. The molecule has 1 rings (SSSR count). The lowest BCUT2D eigenvalue weighted by atomic mass is 10.2. The van der Waals surface area contributed by atoms with Crippen LogP contribution in [0.25, 0.3) is 0 Å². The Labute approximate surface area is 155 Å². The number of nitrogens with zero attached hydrogens (tertiary/aromatic N) is 1. The number of carbonyl (C=O) groups excluding carboxylic acids is 2. The van der Waals surface area contributed by atoms with Gasteiger partial charge >= 0.3 is 6.09 Å². The van der Waals surface area contributed by atoms with Crippen molar-refractivity contribution in [1.82, 2.24) is 4.90 Å². The molecule has 0 atom stereocenters. The summed E-state index contributed by atoms with van der Waals surface area (Å²) in [7, 11) is 1.67. The first-order chi connectivity index (χ1) is 12.3. The van der Waals surface area contributed by atoms with Gasteiger partial charge in [0.15, 0.2) is 0 Å². The number of ether oxygens (including phenoxy) is 4. The molecule has 0 fully saturated rings. The van der Waals surface area contributed by atoms with Crippen LogP contribution in [0.1, 0.15) is 31.1 Å². The number of hydrogen-bond acceptors (Lipinski definition) is 6. The molecule has 0 saturated heterocycles. The van der Waals surface area contributed by atoms with Crippen LogP contribution in [0.15, 0.2) is 24.3 Å². The number of likely N-dealkylation sites (N-methyl/N-ethyl adjacent to an activating group) is 1. The summed E-state index contributed by atoms with van der Waals surface area (Å²) < 4.78 is 21.6. The van der Waals surface area contributed by atoms with Crippen LogP contribution >= 0.6 is 0 Å². The van der Waals surface area contributed by atoms with E-state index >= 15 is 0 Å². The second kappa shape index (κ2) is 11.5. The van der Waals surface area contributed by atoms with E-state index in [4.69, 9.17) is 18.9 Å². The highest BCUT2D eigenvalue weighted by Gasteiger charge is 2.19. The second-order valence-corrected chi connectivity index (χ2v) is 6.66. The summed E-state index contributed by atoms with van der Waals surface area (Å²) in [5, 5.41) is 0. The highest BCUT2D eigenvalue weighted by Crippen LogP contribution is 2.11. The Morgan fingerprint density at radius 2 is 1.58 bits per heavy atom. The fraction of sp³-hybridized carbons (Fsp3) is 0.579. The highest BCUT2D eigenvalue weighted by molar-refractivity contribution is 5.74. The van der Waals surface area contributed by atoms with Crippen LogP contribution in [0.3, 0.4) is 0 Å². The van der Waals surface area contributed by atoms with Crippen molar-refractivity contribution in [3.8, 4) is 5.75 Å². The van der Waals surface area contributed by atoms with Gasteiger partial charge in [0.2, 0.25) is 0 Å². The third kappa shape index (κ3) is 10.0. The molecule has 0 bridgehead atoms. The van der Waals surface area contributed by atoms with E-state index in [2.05, 4.69) is 0 Å². The van der Waals surface area contributed by atoms with Crippen molar-refractivity contribution in [3.05, 3.63) is 29.8 Å². The molecule has 0 aliphatic heterocycles. The van der Waals surface area contributed by atoms with Gasteiger partial charge in [-0.25, -0.2) is 4.79 Å². The van der Waals surface area contributed by atoms with Crippen LogP contribution in [0, 0.1) is 0 Å². The van der Waals surface area contributed by atoms with Crippen molar-refractivity contribution in [2.45, 2.75) is 26.4 Å². The van der Waals surface area contributed by atoms with Gasteiger partial charge in [-0.3, -0.25) is 4.79 Å². The molecule has 0 radical (unpaired) electrons. The molecule has 0 aliphatic carbocycles. The maximum absolute atomic E-state index is 11.7. The Balaban J connectivity index is 1.98. The molecular formula is C19H29NO6. The predicted molar refractivity (Wildman–Crippen MR) is 97.8 cm³/mol. The van der Waals surface area contributed by atoms with Crippen LogP contribution in [-0.4, -0.2) is 69.5 Å². The molecule has 0 spiro atoms. The molecule has 0 unspecified atom stereocenters. The zero-order valence-electron chi connectivity index (χ0n) is 16.0. The summed E-state index contributed by atoms with van der Waals surface area (Å²) in [4.78, 5) is 23.8. The molecule has 0 N–H and O–H groups in total. The summed E-state index contributed by atoms with van der Waals surface area (Å²) >= 11 is 0. The van der Waals surface area contributed by atoms with E-state index in [0.717, 1.165) is 6.29 Å². The third-order valence-corrected chi connectivity index (χ3v) is 3.16. The lowest BCUT2D eigenvalue weighted by molar-refractivity contribution is 0.0134. The summed E-state index contributed by atoms with van der Waals surface area (Å²) in [6.07, 6.45) is 0.425. The number of amides is 1. The highest BCUT2D eigenvalue weighted by atomic mass is 16.6. The van der Waals surface area contributed by atoms with E-state index < -0.39 is 5.60 Å². The van der Waals surface area contributed by atoms with E-state index in [-0.39, 0.29) is 6.09 Å². The van der Waals surface area contributed by atoms with Gasteiger partial charge in [-0.15, -0.1) is 0 Å². The average Bonchev–Trinajstić information content (AvgIpc) is 2.59. The van der Waals surface area contributed by atoms with Gasteiger partial charge in [0.1, 0.15) is 24.2 Å². The summed E-state index contributed by atoms with van der Waals surface area (Å²) in [5.41, 5.74) is 0.113. The van der Waals surface area contributed by atoms with Crippen LogP contribution < -0.4 is 4.74 Å². The zero-order valence-corrected chi connectivity index (χ0v) is 16.0. The van der Waals surface area contributed by atoms with Crippen molar-refractivity contribution in [3.63, 3.8) is 0 Å². The van der Waals surface area contributed by atoms with Gasteiger partial charge < -0.3 is 23.8 Å². The first-order valence-corrected chi connectivity index (χ1v) is 8.59. The van der Waals surface area contributed by atoms with Crippen molar-refractivity contribution in [1.29, 1.82) is 0 Å². The van der Waals surface area contributed by atoms with Crippen LogP contribution in [-0.2, 0) is 14.2 Å². The third-order valence-electron chi connectivity index (χ3n) is 3.16. The van der Waals surface area contributed by atoms with Crippen LogP contribution in [0.2, 0.25) is 0 Å². The normalized spacial score (nSPS) is 11.1. The molecule has 7 heteroatoms. The molecule has 26 heavy (non-hydrogen) atoms. The number of aldehydes is 1.